The van der Waals surface area contributed by atoms with E-state index in [1.54, 1.807) is 0 Å². The molecule has 140 heavy (non-hydrogen) atoms. The molecule has 8 nitrogen and oxygen atoms in total. The minimum Gasteiger partial charge on any atom is -0.455 e. The van der Waals surface area contributed by atoms with Crippen LogP contribution in [0.15, 0.2) is 479 Å². The number of anilines is 12. The summed E-state index contributed by atoms with van der Waals surface area (Å²) in [6.45, 7) is 8.92. The third-order valence-electron chi connectivity index (χ3n) is 29.0. The minimum absolute atomic E-state index is 0.902. The lowest BCUT2D eigenvalue weighted by atomic mass is 9.88. The summed E-state index contributed by atoms with van der Waals surface area (Å²) < 4.78 is 25.9. The first-order valence-electron chi connectivity index (χ1n) is 48.0. The molecule has 0 atom stereocenters. The molecule has 0 unspecified atom stereocenters. The van der Waals surface area contributed by atoms with Crippen LogP contribution in [0, 0.1) is 27.7 Å². The first-order chi connectivity index (χ1) is 69.1. The number of fused-ring (bicyclic) bond motifs is 12. The van der Waals surface area contributed by atoms with Gasteiger partial charge in [-0.15, -0.1) is 0 Å². The van der Waals surface area contributed by atoms with Crippen LogP contribution in [0.25, 0.3) is 197 Å². The molecule has 0 saturated carbocycles. The van der Waals surface area contributed by atoms with Crippen LogP contribution in [0.5, 0.6) is 0 Å². The number of furan rings is 4. The van der Waals surface area contributed by atoms with Crippen LogP contribution in [0.4, 0.5) is 68.2 Å². The van der Waals surface area contributed by atoms with Crippen molar-refractivity contribution in [3.8, 4) is 44.5 Å². The van der Waals surface area contributed by atoms with Crippen molar-refractivity contribution >= 4 is 221 Å². The zero-order valence-corrected chi connectivity index (χ0v) is 77.3. The van der Waals surface area contributed by atoms with Gasteiger partial charge in [0.1, 0.15) is 44.7 Å². The Balaban J connectivity index is 0.000000141. The molecule has 0 saturated heterocycles. The molecule has 0 aliphatic heterocycles. The number of benzene rings is 24. The molecule has 0 amide bonds. The Hall–Kier alpha value is -18.2. The summed E-state index contributed by atoms with van der Waals surface area (Å²) >= 11 is 0. The Morgan fingerprint density at radius 2 is 0.400 bits per heavy atom. The number of hydrogen-bond donors (Lipinski definition) is 0. The van der Waals surface area contributed by atoms with Gasteiger partial charge >= 0.3 is 0 Å². The number of hydrogen-bond acceptors (Lipinski definition) is 8. The van der Waals surface area contributed by atoms with E-state index in [9.17, 15) is 0 Å². The maximum Gasteiger partial charge on any atom is 0.143 e. The van der Waals surface area contributed by atoms with Crippen molar-refractivity contribution in [2.75, 3.05) is 19.6 Å². The van der Waals surface area contributed by atoms with Gasteiger partial charge in [-0.05, 0) is 249 Å². The topological polar surface area (TPSA) is 65.5 Å². The number of para-hydroxylation sites is 12. The molecule has 8 heteroatoms. The molecular formula is C132H88N4O4. The van der Waals surface area contributed by atoms with Crippen molar-refractivity contribution in [1.82, 2.24) is 0 Å². The van der Waals surface area contributed by atoms with Gasteiger partial charge in [-0.1, -0.05) is 328 Å². The highest BCUT2D eigenvalue weighted by molar-refractivity contribution is 6.31. The van der Waals surface area contributed by atoms with E-state index in [0.717, 1.165) is 201 Å². The Morgan fingerprint density at radius 3 is 0.721 bits per heavy atom. The van der Waals surface area contributed by atoms with Crippen LogP contribution in [0.2, 0.25) is 0 Å². The van der Waals surface area contributed by atoms with Crippen LogP contribution in [0.3, 0.4) is 0 Å². The van der Waals surface area contributed by atoms with Crippen molar-refractivity contribution in [2.45, 2.75) is 27.7 Å². The fourth-order valence-electron chi connectivity index (χ4n) is 22.3. The molecule has 28 rings (SSSR count). The van der Waals surface area contributed by atoms with Gasteiger partial charge in [0.15, 0.2) is 0 Å². The predicted octanol–water partition coefficient (Wildman–Crippen LogP) is 38.5. The largest absolute Gasteiger partial charge is 0.455 e. The second-order valence-electron chi connectivity index (χ2n) is 37.0. The van der Waals surface area contributed by atoms with Crippen molar-refractivity contribution in [3.63, 3.8) is 0 Å². The smallest absolute Gasteiger partial charge is 0.143 e. The zero-order valence-electron chi connectivity index (χ0n) is 77.3. The second kappa shape index (κ2) is 32.8. The van der Waals surface area contributed by atoms with E-state index in [1.165, 1.54) is 86.9 Å². The molecule has 0 aliphatic rings. The third kappa shape index (κ3) is 13.2. The van der Waals surface area contributed by atoms with Gasteiger partial charge in [0.2, 0.25) is 0 Å². The maximum absolute atomic E-state index is 6.48. The highest BCUT2D eigenvalue weighted by Crippen LogP contribution is 2.54. The van der Waals surface area contributed by atoms with Crippen LogP contribution in [0.1, 0.15) is 22.3 Å². The predicted molar refractivity (Wildman–Crippen MR) is 589 cm³/mol. The van der Waals surface area contributed by atoms with E-state index in [1.807, 2.05) is 48.5 Å². The summed E-state index contributed by atoms with van der Waals surface area (Å²) in [4.78, 5) is 9.70. The average molecular weight is 1790 g/mol. The lowest BCUT2D eigenvalue weighted by Crippen LogP contribution is -2.12. The molecular weight excluding hydrogens is 1710 g/mol. The summed E-state index contributed by atoms with van der Waals surface area (Å²) in [6.07, 6.45) is 0. The van der Waals surface area contributed by atoms with Gasteiger partial charge < -0.3 is 37.3 Å². The fourth-order valence-corrected chi connectivity index (χ4v) is 22.3. The van der Waals surface area contributed by atoms with Gasteiger partial charge in [-0.3, -0.25) is 0 Å². The molecule has 4 heterocycles. The molecule has 0 N–H and O–H groups in total. The SMILES string of the molecule is Cc1cc(N(c2ccccc2)c2ccc(-c3cccc4c3oc3ccccc34)cc2)c2ccc3c(C)cc(N(c4ccccc4)c4ccc(-c5cccc6c5oc5ccccc56)cc4)c4ccc1c2c34.Cc1ccccc1N(c1ccc(-c2cccc3c2oc2ccccc23)cc1)c1ccc2ccc3c(N(c4ccc(-c5cccc6c5oc5ccccc56)cc4)c4ccccc4C)ccc4ccc1c2c43. The normalized spacial score (nSPS) is 11.9. The van der Waals surface area contributed by atoms with Crippen molar-refractivity contribution < 1.29 is 17.7 Å². The quantitative estimate of drug-likeness (QED) is 0.0887. The number of nitrogens with zero attached hydrogens (tertiary/aromatic N) is 4. The van der Waals surface area contributed by atoms with Crippen LogP contribution < -0.4 is 19.6 Å². The Morgan fingerprint density at radius 1 is 0.150 bits per heavy atom. The minimum atomic E-state index is 0.902. The molecule has 660 valence electrons. The molecule has 28 aromatic rings. The molecule has 0 radical (unpaired) electrons. The van der Waals surface area contributed by atoms with E-state index in [-0.39, 0.29) is 0 Å². The molecule has 0 fully saturated rings. The first kappa shape index (κ1) is 81.3. The molecule has 0 bridgehead atoms. The average Bonchev–Trinajstić information content (AvgIpc) is 1.13. The highest BCUT2D eigenvalue weighted by Gasteiger charge is 2.29. The Bertz CT molecular complexity index is 9200. The molecule has 0 aliphatic carbocycles. The fraction of sp³-hybridized carbons (Fsp3) is 0.0303. The number of aryl methyl sites for hydroxylation is 4. The summed E-state index contributed by atoms with van der Waals surface area (Å²) in [7, 11) is 0. The lowest BCUT2D eigenvalue weighted by molar-refractivity contribution is 0.669. The summed E-state index contributed by atoms with van der Waals surface area (Å²) in [6, 6.07) is 166. The van der Waals surface area contributed by atoms with Crippen LogP contribution in [-0.4, -0.2) is 0 Å². The van der Waals surface area contributed by atoms with Gasteiger partial charge in [0.25, 0.3) is 0 Å². The molecule has 24 aromatic carbocycles. The Kier molecular flexibility index (Phi) is 19.1. The van der Waals surface area contributed by atoms with Crippen molar-refractivity contribution in [3.05, 3.63) is 483 Å². The van der Waals surface area contributed by atoms with Crippen LogP contribution in [-0.2, 0) is 0 Å². The van der Waals surface area contributed by atoms with Crippen molar-refractivity contribution in [1.29, 1.82) is 0 Å². The first-order valence-corrected chi connectivity index (χ1v) is 48.0. The van der Waals surface area contributed by atoms with E-state index in [0.29, 0.717) is 0 Å². The summed E-state index contributed by atoms with van der Waals surface area (Å²) in [5.41, 5.74) is 34.1. The highest BCUT2D eigenvalue weighted by atomic mass is 16.3. The summed E-state index contributed by atoms with van der Waals surface area (Å²) in [5, 5.41) is 23.8. The van der Waals surface area contributed by atoms with E-state index < -0.39 is 0 Å². The second-order valence-corrected chi connectivity index (χ2v) is 37.0. The zero-order chi connectivity index (χ0) is 92.9. The van der Waals surface area contributed by atoms with Gasteiger partial charge in [-0.25, -0.2) is 0 Å². The van der Waals surface area contributed by atoms with Gasteiger partial charge in [0.05, 0.1) is 22.7 Å². The van der Waals surface area contributed by atoms with E-state index in [2.05, 4.69) is 460 Å². The lowest BCUT2D eigenvalue weighted by Gasteiger charge is -2.30. The van der Waals surface area contributed by atoms with Gasteiger partial charge in [0, 0.05) is 132 Å². The summed E-state index contributed by atoms with van der Waals surface area (Å²) in [5.74, 6) is 0. The van der Waals surface area contributed by atoms with E-state index >= 15 is 0 Å². The number of rotatable bonds is 16. The van der Waals surface area contributed by atoms with Gasteiger partial charge in [-0.2, -0.15) is 0 Å². The molecule has 0 spiro atoms. The van der Waals surface area contributed by atoms with Crippen molar-refractivity contribution in [2.24, 2.45) is 0 Å². The standard InChI is InChI=1S/2C66H44N2O2/c1-41-13-3-7-21-57(41)67(47-33-25-43(26-34-47)49-17-11-19-53-51-15-5-9-23-61(51)69-65(49)53)59-39-31-45-30-38-56-60(40-32-46-29-37-55(59)63(45)64(46)56)68(58-22-8-4-14-42(58)2)48-35-27-44(28-36-48)50-18-12-20-54-52-16-6-10-24-62(52)70-66(50)54;1-41-39-59(67(45-15-5-3-6-16-45)47-31-27-43(28-32-47)51-21-13-23-55-53-19-9-11-25-61(53)69-65(51)55)57-38-36-50-42(2)40-60(58-37-35-49(41)63(57)64(50)58)68(46-17-7-4-8-18-46)48-33-29-44(30-34-48)52-22-14-24-56-54-20-10-12-26-62(54)70-66(52)56/h2*3-40H,1-2H3. The van der Waals surface area contributed by atoms with E-state index in [4.69, 9.17) is 17.7 Å². The third-order valence-corrected chi connectivity index (χ3v) is 29.0. The Labute approximate surface area is 807 Å². The monoisotopic (exact) mass is 1790 g/mol. The maximum atomic E-state index is 6.48. The molecule has 4 aromatic heterocycles. The van der Waals surface area contributed by atoms with Crippen LogP contribution >= 0.6 is 0 Å².